The summed E-state index contributed by atoms with van der Waals surface area (Å²) in [4.78, 5) is 21.0. The van der Waals surface area contributed by atoms with E-state index in [1.54, 1.807) is 6.92 Å². The molecule has 0 aliphatic carbocycles. The van der Waals surface area contributed by atoms with Gasteiger partial charge in [0.15, 0.2) is 0 Å². The molecule has 0 fully saturated rings. The summed E-state index contributed by atoms with van der Waals surface area (Å²) in [6, 6.07) is 0. The van der Waals surface area contributed by atoms with Gasteiger partial charge in [-0.2, -0.15) is 0 Å². The molecular weight excluding hydrogens is 225 g/mol. The van der Waals surface area contributed by atoms with Crippen LogP contribution in [0.4, 0.5) is 0 Å². The molecule has 0 spiro atoms. The Bertz CT molecular complexity index is 200. The molecule has 0 bridgehead atoms. The van der Waals surface area contributed by atoms with E-state index < -0.39 is 5.97 Å². The summed E-state index contributed by atoms with van der Waals surface area (Å²) >= 11 is 0. The van der Waals surface area contributed by atoms with E-state index in [1.165, 1.54) is 6.92 Å². The van der Waals surface area contributed by atoms with Crippen LogP contribution >= 0.6 is 0 Å². The molecule has 0 N–H and O–H groups in total. The second-order valence-corrected chi connectivity index (χ2v) is 2.26. The van der Waals surface area contributed by atoms with Crippen LogP contribution in [0.25, 0.3) is 0 Å². The number of hydrogen-bond acceptors (Lipinski definition) is 4. The third-order valence-corrected chi connectivity index (χ3v) is 0.970. The van der Waals surface area contributed by atoms with Crippen molar-refractivity contribution in [2.45, 2.75) is 13.8 Å². The van der Waals surface area contributed by atoms with Gasteiger partial charge in [0.25, 0.3) is 0 Å². The van der Waals surface area contributed by atoms with Crippen LogP contribution in [0.1, 0.15) is 13.8 Å². The van der Waals surface area contributed by atoms with E-state index in [0.29, 0.717) is 5.57 Å². The van der Waals surface area contributed by atoms with E-state index in [4.69, 9.17) is 0 Å². The van der Waals surface area contributed by atoms with Crippen LogP contribution in [0.5, 0.6) is 0 Å². The molecule has 0 aromatic heterocycles. The van der Waals surface area contributed by atoms with E-state index in [1.807, 2.05) is 0 Å². The second kappa shape index (κ2) is 7.93. The molecule has 0 saturated carbocycles. The number of rotatable bonds is 4. The van der Waals surface area contributed by atoms with Gasteiger partial charge in [-0.15, -0.1) is 0 Å². The first-order valence-corrected chi connectivity index (χ1v) is 3.50. The first-order chi connectivity index (χ1) is 5.54. The molecule has 0 amide bonds. The number of carbonyl (C=O) groups is 2. The monoisotopic (exact) mass is 236 g/mol. The quantitative estimate of drug-likeness (QED) is 0.312. The second-order valence-electron chi connectivity index (χ2n) is 2.26. The minimum absolute atomic E-state index is 0. The summed E-state index contributed by atoms with van der Waals surface area (Å²) < 4.78 is 9.16. The number of esters is 2. The molecule has 0 aromatic carbocycles. The Hall–Kier alpha value is -0.697. The van der Waals surface area contributed by atoms with Crippen molar-refractivity contribution < 1.29 is 38.5 Å². The van der Waals surface area contributed by atoms with Gasteiger partial charge in [-0.3, -0.25) is 4.79 Å². The molecule has 4 nitrogen and oxygen atoms in total. The third kappa shape index (κ3) is 9.22. The molecule has 0 rings (SSSR count). The fraction of sp³-hybridized carbons (Fsp3) is 0.500. The molecule has 0 aliphatic heterocycles. The molecule has 70 valence electrons. The zero-order chi connectivity index (χ0) is 9.56. The van der Waals surface area contributed by atoms with Crippen molar-refractivity contribution in [3.05, 3.63) is 12.2 Å². The Morgan fingerprint density at radius 2 is 1.62 bits per heavy atom. The van der Waals surface area contributed by atoms with Crippen molar-refractivity contribution in [1.82, 2.24) is 0 Å². The van der Waals surface area contributed by atoms with Crippen LogP contribution < -0.4 is 0 Å². The summed E-state index contributed by atoms with van der Waals surface area (Å²) in [7, 11) is 0. The molecule has 0 saturated heterocycles. The van der Waals surface area contributed by atoms with Gasteiger partial charge >= 0.3 is 11.9 Å². The molecule has 0 atom stereocenters. The van der Waals surface area contributed by atoms with E-state index in [0.717, 1.165) is 0 Å². The van der Waals surface area contributed by atoms with Gasteiger partial charge in [0.05, 0.1) is 0 Å². The van der Waals surface area contributed by atoms with Crippen LogP contribution in [0.3, 0.4) is 0 Å². The largest absolute Gasteiger partial charge is 0.462 e. The smallest absolute Gasteiger partial charge is 0.333 e. The van der Waals surface area contributed by atoms with Crippen molar-refractivity contribution in [3.8, 4) is 0 Å². The standard InChI is InChI=1S/C8H12O4.Zn/c1-6(2)8(10)12-5-4-11-7(3)9;/h1,4-5H2,2-3H3;. The molecule has 0 unspecified atom stereocenters. The maximum absolute atomic E-state index is 10.7. The maximum atomic E-state index is 10.7. The van der Waals surface area contributed by atoms with Crippen molar-refractivity contribution >= 4 is 11.9 Å². The van der Waals surface area contributed by atoms with Crippen LogP contribution in [0.15, 0.2) is 12.2 Å². The summed E-state index contributed by atoms with van der Waals surface area (Å²) in [6.45, 7) is 6.39. The Morgan fingerprint density at radius 1 is 1.15 bits per heavy atom. The van der Waals surface area contributed by atoms with Crippen molar-refractivity contribution in [3.63, 3.8) is 0 Å². The molecule has 0 radical (unpaired) electrons. The predicted octanol–water partition coefficient (Wildman–Crippen LogP) is 0.666. The molecule has 0 aliphatic rings. The summed E-state index contributed by atoms with van der Waals surface area (Å²) in [5.74, 6) is -0.858. The Balaban J connectivity index is 0. The first kappa shape index (κ1) is 14.8. The van der Waals surface area contributed by atoms with Gasteiger partial charge in [-0.05, 0) is 6.92 Å². The topological polar surface area (TPSA) is 52.6 Å². The van der Waals surface area contributed by atoms with Gasteiger partial charge in [0.2, 0.25) is 0 Å². The van der Waals surface area contributed by atoms with E-state index in [2.05, 4.69) is 16.1 Å². The Labute approximate surface area is 90.0 Å². The van der Waals surface area contributed by atoms with E-state index >= 15 is 0 Å². The van der Waals surface area contributed by atoms with Gasteiger partial charge in [0.1, 0.15) is 13.2 Å². The fourth-order valence-corrected chi connectivity index (χ4v) is 0.443. The van der Waals surface area contributed by atoms with Crippen LogP contribution in [-0.2, 0) is 38.5 Å². The number of hydrogen-bond donors (Lipinski definition) is 0. The summed E-state index contributed by atoms with van der Waals surface area (Å²) in [5, 5.41) is 0. The number of carbonyl (C=O) groups excluding carboxylic acids is 2. The van der Waals surface area contributed by atoms with Crippen LogP contribution in [0.2, 0.25) is 0 Å². The average molecular weight is 238 g/mol. The van der Waals surface area contributed by atoms with Crippen molar-refractivity contribution in [2.24, 2.45) is 0 Å². The normalized spacial score (nSPS) is 8.15. The Morgan fingerprint density at radius 3 is 2.00 bits per heavy atom. The van der Waals surface area contributed by atoms with Gasteiger partial charge in [-0.1, -0.05) is 6.58 Å². The average Bonchev–Trinajstić information content (AvgIpc) is 1.97. The summed E-state index contributed by atoms with van der Waals surface area (Å²) in [6.07, 6.45) is 0. The van der Waals surface area contributed by atoms with Gasteiger partial charge in [-0.25, -0.2) is 4.79 Å². The zero-order valence-corrected chi connectivity index (χ0v) is 10.9. The molecule has 13 heavy (non-hydrogen) atoms. The van der Waals surface area contributed by atoms with E-state index in [-0.39, 0.29) is 38.7 Å². The predicted molar refractivity (Wildman–Crippen MR) is 42.4 cm³/mol. The maximum Gasteiger partial charge on any atom is 0.333 e. The molecule has 0 aromatic rings. The van der Waals surface area contributed by atoms with Crippen molar-refractivity contribution in [2.75, 3.05) is 13.2 Å². The third-order valence-electron chi connectivity index (χ3n) is 0.970. The Kier molecular flexibility index (Phi) is 9.03. The fourth-order valence-electron chi connectivity index (χ4n) is 0.443. The molecular formula is C8H12O4Zn. The number of ether oxygens (including phenoxy) is 2. The minimum atomic E-state index is -0.470. The van der Waals surface area contributed by atoms with Gasteiger partial charge < -0.3 is 9.47 Å². The minimum Gasteiger partial charge on any atom is -0.462 e. The van der Waals surface area contributed by atoms with Crippen LogP contribution in [-0.4, -0.2) is 25.2 Å². The van der Waals surface area contributed by atoms with Crippen LogP contribution in [0, 0.1) is 0 Å². The zero-order valence-electron chi connectivity index (χ0n) is 7.96. The SMILES string of the molecule is C=C(C)C(=O)OCCOC(C)=O.[Zn]. The first-order valence-electron chi connectivity index (χ1n) is 3.50. The molecule has 0 heterocycles. The summed E-state index contributed by atoms with van der Waals surface area (Å²) in [5.41, 5.74) is 0.331. The van der Waals surface area contributed by atoms with E-state index in [9.17, 15) is 9.59 Å². The molecule has 5 heteroatoms. The van der Waals surface area contributed by atoms with Gasteiger partial charge in [0, 0.05) is 32.0 Å². The van der Waals surface area contributed by atoms with Crippen molar-refractivity contribution in [1.29, 1.82) is 0 Å².